The molecule has 0 aliphatic carbocycles. The number of methoxy groups -OCH3 is 1. The molecule has 0 atom stereocenters. The van der Waals surface area contributed by atoms with Crippen LogP contribution < -0.4 is 10.3 Å². The first kappa shape index (κ1) is 12.7. The number of hydrogen-bond donors (Lipinski definition) is 1. The third kappa shape index (κ3) is 1.77. The third-order valence-corrected chi connectivity index (χ3v) is 3.88. The Balaban J connectivity index is 2.65. The Morgan fingerprint density at radius 2 is 2.10 bits per heavy atom. The zero-order chi connectivity index (χ0) is 14.3. The molecule has 0 amide bonds. The van der Waals surface area contributed by atoms with E-state index in [1.807, 2.05) is 0 Å². The number of H-pyrrole nitrogens is 1. The minimum absolute atomic E-state index is 0.179. The molecule has 2 aromatic carbocycles. The number of fused-ring (bicyclic) bond motifs is 3. The summed E-state index contributed by atoms with van der Waals surface area (Å²) in [7, 11) is 1.56. The van der Waals surface area contributed by atoms with E-state index in [-0.39, 0.29) is 5.56 Å². The minimum atomic E-state index is -0.179. The van der Waals surface area contributed by atoms with Crippen LogP contribution in [0.2, 0.25) is 0 Å². The van der Waals surface area contributed by atoms with E-state index in [0.29, 0.717) is 22.1 Å². The second kappa shape index (κ2) is 4.66. The number of nitrogens with one attached hydrogen (secondary N) is 1. The molecule has 1 aromatic heterocycles. The van der Waals surface area contributed by atoms with Crippen molar-refractivity contribution in [3.8, 4) is 11.8 Å². The van der Waals surface area contributed by atoms with E-state index >= 15 is 0 Å². The molecular formula is C15H9BrN2O2. The van der Waals surface area contributed by atoms with Gasteiger partial charge in [-0.2, -0.15) is 5.26 Å². The summed E-state index contributed by atoms with van der Waals surface area (Å²) in [5.41, 5.74) is 0.350. The SMILES string of the molecule is COc1cc2c(cc1Br)c(C#N)cc1cc[nH]c(=O)c12. The van der Waals surface area contributed by atoms with Crippen LogP contribution in [0.15, 0.2) is 39.7 Å². The number of hydrogen-bond acceptors (Lipinski definition) is 3. The van der Waals surface area contributed by atoms with Crippen molar-refractivity contribution in [3.05, 3.63) is 50.9 Å². The molecule has 0 saturated heterocycles. The molecule has 20 heavy (non-hydrogen) atoms. The fourth-order valence-corrected chi connectivity index (χ4v) is 2.86. The zero-order valence-electron chi connectivity index (χ0n) is 10.5. The van der Waals surface area contributed by atoms with E-state index in [1.54, 1.807) is 37.6 Å². The lowest BCUT2D eigenvalue weighted by Crippen LogP contribution is -2.05. The van der Waals surface area contributed by atoms with E-state index in [9.17, 15) is 10.1 Å². The molecule has 0 unspecified atom stereocenters. The molecule has 0 fully saturated rings. The molecule has 98 valence electrons. The van der Waals surface area contributed by atoms with Gasteiger partial charge >= 0.3 is 0 Å². The van der Waals surface area contributed by atoms with Gasteiger partial charge in [-0.25, -0.2) is 0 Å². The molecule has 1 N–H and O–H groups in total. The standard InChI is InChI=1S/C15H9BrN2O2/c1-20-13-6-11-10(5-12(13)16)9(7-17)4-8-2-3-18-15(19)14(8)11/h2-6H,1H3,(H,18,19). The van der Waals surface area contributed by atoms with E-state index in [4.69, 9.17) is 4.74 Å². The summed E-state index contributed by atoms with van der Waals surface area (Å²) in [6.45, 7) is 0. The second-order valence-corrected chi connectivity index (χ2v) is 5.19. The Morgan fingerprint density at radius 1 is 1.30 bits per heavy atom. The maximum Gasteiger partial charge on any atom is 0.256 e. The van der Waals surface area contributed by atoms with Crippen LogP contribution in [0, 0.1) is 11.3 Å². The Bertz CT molecular complexity index is 938. The van der Waals surface area contributed by atoms with Crippen molar-refractivity contribution in [2.24, 2.45) is 0 Å². The predicted octanol–water partition coefficient (Wildman–Crippen LogP) is 3.32. The molecule has 0 bridgehead atoms. The molecule has 4 nitrogen and oxygen atoms in total. The number of pyridine rings is 1. The highest BCUT2D eigenvalue weighted by atomic mass is 79.9. The number of nitrogens with zero attached hydrogens (tertiary/aromatic N) is 1. The van der Waals surface area contributed by atoms with Gasteiger partial charge in [-0.15, -0.1) is 0 Å². The van der Waals surface area contributed by atoms with Crippen molar-refractivity contribution in [3.63, 3.8) is 0 Å². The van der Waals surface area contributed by atoms with Crippen molar-refractivity contribution in [1.29, 1.82) is 5.26 Å². The van der Waals surface area contributed by atoms with Crippen LogP contribution in [0.3, 0.4) is 0 Å². The van der Waals surface area contributed by atoms with Gasteiger partial charge in [-0.1, -0.05) is 0 Å². The maximum atomic E-state index is 12.1. The van der Waals surface area contributed by atoms with E-state index < -0.39 is 0 Å². The molecule has 0 saturated carbocycles. The first-order chi connectivity index (χ1) is 9.65. The van der Waals surface area contributed by atoms with Gasteiger partial charge in [0.05, 0.1) is 28.6 Å². The van der Waals surface area contributed by atoms with E-state index in [0.717, 1.165) is 15.2 Å². The summed E-state index contributed by atoms with van der Waals surface area (Å²) in [5.74, 6) is 0.622. The Labute approximate surface area is 122 Å². The van der Waals surface area contributed by atoms with Crippen LogP contribution in [-0.2, 0) is 0 Å². The minimum Gasteiger partial charge on any atom is -0.496 e. The lowest BCUT2D eigenvalue weighted by molar-refractivity contribution is 0.413. The van der Waals surface area contributed by atoms with Gasteiger partial charge < -0.3 is 9.72 Å². The molecule has 1 heterocycles. The first-order valence-corrected chi connectivity index (χ1v) is 6.66. The van der Waals surface area contributed by atoms with Crippen molar-refractivity contribution in [2.45, 2.75) is 0 Å². The van der Waals surface area contributed by atoms with Crippen LogP contribution in [0.25, 0.3) is 21.5 Å². The lowest BCUT2D eigenvalue weighted by atomic mass is 9.99. The van der Waals surface area contributed by atoms with Crippen molar-refractivity contribution >= 4 is 37.5 Å². The number of halogens is 1. The second-order valence-electron chi connectivity index (χ2n) is 4.34. The summed E-state index contributed by atoms with van der Waals surface area (Å²) in [6, 6.07) is 9.26. The van der Waals surface area contributed by atoms with E-state index in [1.165, 1.54) is 0 Å². The molecule has 0 spiro atoms. The van der Waals surface area contributed by atoms with Gasteiger partial charge in [0.15, 0.2) is 0 Å². The van der Waals surface area contributed by atoms with Gasteiger partial charge in [0.2, 0.25) is 0 Å². The summed E-state index contributed by atoms with van der Waals surface area (Å²) >= 11 is 3.40. The largest absolute Gasteiger partial charge is 0.496 e. The highest BCUT2D eigenvalue weighted by molar-refractivity contribution is 9.10. The quantitative estimate of drug-likeness (QED) is 0.697. The molecule has 0 aliphatic rings. The predicted molar refractivity (Wildman–Crippen MR) is 81.0 cm³/mol. The Kier molecular flexibility index (Phi) is 2.96. The van der Waals surface area contributed by atoms with Crippen LogP contribution in [0.4, 0.5) is 0 Å². The monoisotopic (exact) mass is 328 g/mol. The maximum absolute atomic E-state index is 12.1. The summed E-state index contributed by atoms with van der Waals surface area (Å²) in [4.78, 5) is 14.8. The highest BCUT2D eigenvalue weighted by Gasteiger charge is 2.12. The topological polar surface area (TPSA) is 65.9 Å². The van der Waals surface area contributed by atoms with Crippen LogP contribution >= 0.6 is 15.9 Å². The molecule has 0 aliphatic heterocycles. The number of aromatic nitrogens is 1. The highest BCUT2D eigenvalue weighted by Crippen LogP contribution is 2.34. The van der Waals surface area contributed by atoms with Crippen molar-refractivity contribution in [1.82, 2.24) is 4.98 Å². The van der Waals surface area contributed by atoms with Gasteiger partial charge in [0.1, 0.15) is 5.75 Å². The molecule has 3 rings (SSSR count). The summed E-state index contributed by atoms with van der Waals surface area (Å²) in [5, 5.41) is 12.0. The molecular weight excluding hydrogens is 320 g/mol. The zero-order valence-corrected chi connectivity index (χ0v) is 12.1. The van der Waals surface area contributed by atoms with Crippen molar-refractivity contribution in [2.75, 3.05) is 7.11 Å². The number of ether oxygens (including phenoxy) is 1. The average molecular weight is 329 g/mol. The summed E-state index contributed by atoms with van der Waals surface area (Å²) in [6.07, 6.45) is 1.58. The number of aromatic amines is 1. The van der Waals surface area contributed by atoms with Crippen LogP contribution in [0.5, 0.6) is 5.75 Å². The average Bonchev–Trinajstić information content (AvgIpc) is 2.45. The van der Waals surface area contributed by atoms with Crippen LogP contribution in [-0.4, -0.2) is 12.1 Å². The Morgan fingerprint density at radius 3 is 2.80 bits per heavy atom. The fraction of sp³-hybridized carbons (Fsp3) is 0.0667. The normalized spacial score (nSPS) is 10.7. The first-order valence-electron chi connectivity index (χ1n) is 5.87. The van der Waals surface area contributed by atoms with Gasteiger partial charge in [-0.3, -0.25) is 4.79 Å². The Hall–Kier alpha value is -2.32. The third-order valence-electron chi connectivity index (χ3n) is 3.26. The summed E-state index contributed by atoms with van der Waals surface area (Å²) < 4.78 is 6.02. The number of rotatable bonds is 1. The van der Waals surface area contributed by atoms with Gasteiger partial charge in [0, 0.05) is 17.0 Å². The van der Waals surface area contributed by atoms with Crippen molar-refractivity contribution < 1.29 is 4.74 Å². The van der Waals surface area contributed by atoms with E-state index in [2.05, 4.69) is 27.0 Å². The fourth-order valence-electron chi connectivity index (χ4n) is 2.36. The molecule has 5 heteroatoms. The number of nitriles is 1. The number of benzene rings is 2. The van der Waals surface area contributed by atoms with Gasteiger partial charge in [0.25, 0.3) is 5.56 Å². The molecule has 0 radical (unpaired) electrons. The smallest absolute Gasteiger partial charge is 0.256 e. The van der Waals surface area contributed by atoms with Gasteiger partial charge in [-0.05, 0) is 45.6 Å². The molecule has 3 aromatic rings. The van der Waals surface area contributed by atoms with Crippen LogP contribution in [0.1, 0.15) is 5.56 Å². The lowest BCUT2D eigenvalue weighted by Gasteiger charge is -2.09.